The van der Waals surface area contributed by atoms with Gasteiger partial charge in [-0.15, -0.1) is 0 Å². The predicted octanol–water partition coefficient (Wildman–Crippen LogP) is 2.90. The standard InChI is InChI=1S/C20H25N3O3/c1-3-7-14(20(25)26)12-21-19(24)18-15-9-6-11-17(15)23(22-18)16-10-5-4-8-13(16)2/h4-5,8,10,14H,3,6-7,9,11-12H2,1-2H3,(H,21,24)(H,25,26). The van der Waals surface area contributed by atoms with E-state index in [0.717, 1.165) is 48.2 Å². The molecule has 1 heterocycles. The van der Waals surface area contributed by atoms with Crippen LogP contribution in [0.15, 0.2) is 24.3 Å². The van der Waals surface area contributed by atoms with Gasteiger partial charge in [0.25, 0.3) is 5.91 Å². The average Bonchev–Trinajstić information content (AvgIpc) is 3.21. The van der Waals surface area contributed by atoms with Gasteiger partial charge >= 0.3 is 5.97 Å². The number of carboxylic acids is 1. The number of hydrogen-bond acceptors (Lipinski definition) is 3. The maximum Gasteiger partial charge on any atom is 0.308 e. The van der Waals surface area contributed by atoms with E-state index in [1.165, 1.54) is 0 Å². The maximum absolute atomic E-state index is 12.7. The molecule has 2 aromatic rings. The summed E-state index contributed by atoms with van der Waals surface area (Å²) in [6.07, 6.45) is 4.06. The van der Waals surface area contributed by atoms with E-state index in [2.05, 4.69) is 10.4 Å². The number of aromatic nitrogens is 2. The molecule has 1 atom stereocenters. The largest absolute Gasteiger partial charge is 0.481 e. The molecule has 0 aliphatic heterocycles. The van der Waals surface area contributed by atoms with E-state index in [9.17, 15) is 14.7 Å². The molecular weight excluding hydrogens is 330 g/mol. The number of nitrogens with one attached hydrogen (secondary N) is 1. The molecule has 0 radical (unpaired) electrons. The monoisotopic (exact) mass is 355 g/mol. The Labute approximate surface area is 153 Å². The molecule has 0 saturated carbocycles. The fraction of sp³-hybridized carbons (Fsp3) is 0.450. The first-order chi connectivity index (χ1) is 12.5. The molecular formula is C20H25N3O3. The number of rotatable bonds is 7. The predicted molar refractivity (Wildman–Crippen MR) is 98.7 cm³/mol. The summed E-state index contributed by atoms with van der Waals surface area (Å²) >= 11 is 0. The lowest BCUT2D eigenvalue weighted by molar-refractivity contribution is -0.141. The highest BCUT2D eigenvalue weighted by Gasteiger charge is 2.28. The number of carbonyl (C=O) groups excluding carboxylic acids is 1. The summed E-state index contributed by atoms with van der Waals surface area (Å²) in [5.74, 6) is -1.71. The number of carbonyl (C=O) groups is 2. The first-order valence-corrected chi connectivity index (χ1v) is 9.20. The second-order valence-electron chi connectivity index (χ2n) is 6.86. The third kappa shape index (κ3) is 3.49. The van der Waals surface area contributed by atoms with Crippen LogP contribution in [0, 0.1) is 12.8 Å². The van der Waals surface area contributed by atoms with E-state index >= 15 is 0 Å². The molecule has 1 unspecified atom stereocenters. The zero-order chi connectivity index (χ0) is 18.7. The van der Waals surface area contributed by atoms with Gasteiger partial charge < -0.3 is 10.4 Å². The fourth-order valence-electron chi connectivity index (χ4n) is 3.58. The lowest BCUT2D eigenvalue weighted by Gasteiger charge is -2.12. The Hall–Kier alpha value is -2.63. The fourth-order valence-corrected chi connectivity index (χ4v) is 3.58. The lowest BCUT2D eigenvalue weighted by atomic mass is 10.0. The molecule has 1 amide bonds. The summed E-state index contributed by atoms with van der Waals surface area (Å²) in [7, 11) is 0. The van der Waals surface area contributed by atoms with Crippen LogP contribution in [0.25, 0.3) is 5.69 Å². The zero-order valence-corrected chi connectivity index (χ0v) is 15.3. The Morgan fingerprint density at radius 1 is 1.31 bits per heavy atom. The zero-order valence-electron chi connectivity index (χ0n) is 15.3. The van der Waals surface area contributed by atoms with Crippen molar-refractivity contribution < 1.29 is 14.7 Å². The minimum Gasteiger partial charge on any atom is -0.481 e. The van der Waals surface area contributed by atoms with Crippen molar-refractivity contribution in [2.75, 3.05) is 6.54 Å². The number of hydrogen-bond donors (Lipinski definition) is 2. The van der Waals surface area contributed by atoms with Crippen molar-refractivity contribution in [3.05, 3.63) is 46.8 Å². The smallest absolute Gasteiger partial charge is 0.308 e. The van der Waals surface area contributed by atoms with Gasteiger partial charge in [-0.1, -0.05) is 31.5 Å². The molecule has 26 heavy (non-hydrogen) atoms. The van der Waals surface area contributed by atoms with Crippen LogP contribution in [0.5, 0.6) is 0 Å². The average molecular weight is 355 g/mol. The summed E-state index contributed by atoms with van der Waals surface area (Å²) in [6.45, 7) is 4.10. The van der Waals surface area contributed by atoms with Crippen LogP contribution in [-0.2, 0) is 17.6 Å². The van der Waals surface area contributed by atoms with Gasteiger partial charge in [0.05, 0.1) is 11.6 Å². The number of carboxylic acid groups (broad SMARTS) is 1. The molecule has 2 N–H and O–H groups in total. The van der Waals surface area contributed by atoms with Crippen molar-refractivity contribution in [1.82, 2.24) is 15.1 Å². The summed E-state index contributed by atoms with van der Waals surface area (Å²) in [6, 6.07) is 7.98. The highest BCUT2D eigenvalue weighted by molar-refractivity contribution is 5.94. The van der Waals surface area contributed by atoms with Crippen LogP contribution in [0.4, 0.5) is 0 Å². The molecule has 0 fully saturated rings. The first kappa shape index (κ1) is 18.2. The summed E-state index contributed by atoms with van der Waals surface area (Å²) in [5, 5.41) is 16.6. The van der Waals surface area contributed by atoms with Crippen LogP contribution in [0.1, 0.15) is 53.5 Å². The van der Waals surface area contributed by atoms with E-state index in [0.29, 0.717) is 12.1 Å². The van der Waals surface area contributed by atoms with Gasteiger partial charge in [-0.05, 0) is 44.2 Å². The van der Waals surface area contributed by atoms with Crippen LogP contribution in [-0.4, -0.2) is 33.3 Å². The molecule has 3 rings (SSSR count). The number of aliphatic carboxylic acids is 1. The second kappa shape index (κ2) is 7.72. The minimum atomic E-state index is -0.872. The second-order valence-corrected chi connectivity index (χ2v) is 6.86. The molecule has 1 aromatic carbocycles. The number of amides is 1. The van der Waals surface area contributed by atoms with Crippen molar-refractivity contribution >= 4 is 11.9 Å². The lowest BCUT2D eigenvalue weighted by Crippen LogP contribution is -2.33. The van der Waals surface area contributed by atoms with Gasteiger partial charge in [0, 0.05) is 17.8 Å². The third-order valence-corrected chi connectivity index (χ3v) is 4.98. The number of para-hydroxylation sites is 1. The van der Waals surface area contributed by atoms with Crippen molar-refractivity contribution in [3.8, 4) is 5.69 Å². The Morgan fingerprint density at radius 3 is 2.77 bits per heavy atom. The Kier molecular flexibility index (Phi) is 5.40. The van der Waals surface area contributed by atoms with E-state index in [-0.39, 0.29) is 12.5 Å². The van der Waals surface area contributed by atoms with Crippen LogP contribution in [0.2, 0.25) is 0 Å². The van der Waals surface area contributed by atoms with Crippen molar-refractivity contribution in [2.24, 2.45) is 5.92 Å². The number of aryl methyl sites for hydroxylation is 1. The molecule has 1 aliphatic carbocycles. The maximum atomic E-state index is 12.7. The first-order valence-electron chi connectivity index (χ1n) is 9.20. The molecule has 1 aliphatic rings. The van der Waals surface area contributed by atoms with Crippen LogP contribution < -0.4 is 5.32 Å². The molecule has 0 bridgehead atoms. The van der Waals surface area contributed by atoms with Crippen LogP contribution in [0.3, 0.4) is 0 Å². The number of nitrogens with zero attached hydrogens (tertiary/aromatic N) is 2. The molecule has 6 heteroatoms. The van der Waals surface area contributed by atoms with Crippen LogP contribution >= 0.6 is 0 Å². The van der Waals surface area contributed by atoms with Gasteiger partial charge in [-0.3, -0.25) is 9.59 Å². The summed E-state index contributed by atoms with van der Waals surface area (Å²) in [5.41, 5.74) is 4.60. The third-order valence-electron chi connectivity index (χ3n) is 4.98. The topological polar surface area (TPSA) is 84.2 Å². The highest BCUT2D eigenvalue weighted by atomic mass is 16.4. The molecule has 0 spiro atoms. The summed E-state index contributed by atoms with van der Waals surface area (Å²) in [4.78, 5) is 24.0. The van der Waals surface area contributed by atoms with E-state index in [1.54, 1.807) is 0 Å². The van der Waals surface area contributed by atoms with Gasteiger partial charge in [-0.25, -0.2) is 4.68 Å². The van der Waals surface area contributed by atoms with Gasteiger partial charge in [-0.2, -0.15) is 5.10 Å². The van der Waals surface area contributed by atoms with Gasteiger partial charge in [0.15, 0.2) is 5.69 Å². The van der Waals surface area contributed by atoms with E-state index in [4.69, 9.17) is 0 Å². The Morgan fingerprint density at radius 2 is 2.08 bits per heavy atom. The van der Waals surface area contributed by atoms with E-state index in [1.807, 2.05) is 42.8 Å². The Balaban J connectivity index is 1.85. The Bertz CT molecular complexity index is 826. The van der Waals surface area contributed by atoms with Crippen molar-refractivity contribution in [1.29, 1.82) is 0 Å². The number of benzene rings is 1. The molecule has 0 saturated heterocycles. The molecule has 138 valence electrons. The molecule has 6 nitrogen and oxygen atoms in total. The number of fused-ring (bicyclic) bond motifs is 1. The minimum absolute atomic E-state index is 0.133. The highest BCUT2D eigenvalue weighted by Crippen LogP contribution is 2.28. The van der Waals surface area contributed by atoms with Gasteiger partial charge in [0.1, 0.15) is 0 Å². The van der Waals surface area contributed by atoms with Gasteiger partial charge in [0.2, 0.25) is 0 Å². The normalized spacial score (nSPS) is 14.1. The molecule has 1 aromatic heterocycles. The summed E-state index contributed by atoms with van der Waals surface area (Å²) < 4.78 is 1.88. The van der Waals surface area contributed by atoms with Crippen molar-refractivity contribution in [2.45, 2.75) is 46.0 Å². The van der Waals surface area contributed by atoms with E-state index < -0.39 is 11.9 Å². The van der Waals surface area contributed by atoms with Crippen molar-refractivity contribution in [3.63, 3.8) is 0 Å². The SMILES string of the molecule is CCCC(CNC(=O)c1nn(-c2ccccc2C)c2c1CCC2)C(=O)O. The quantitative estimate of drug-likeness (QED) is 0.800.